The van der Waals surface area contributed by atoms with Crippen molar-refractivity contribution in [2.75, 3.05) is 0 Å². The molecule has 0 bridgehead atoms. The molecule has 0 aliphatic rings. The summed E-state index contributed by atoms with van der Waals surface area (Å²) < 4.78 is 5.09. The number of halogens is 1. The number of aryl methyl sites for hydroxylation is 1. The van der Waals surface area contributed by atoms with E-state index in [-0.39, 0.29) is 11.2 Å². The molecule has 0 radical (unpaired) electrons. The number of nitro groups is 1. The number of thiophene rings is 1. The smallest absolute Gasteiger partial charge is 0.283 e. The van der Waals surface area contributed by atoms with E-state index in [0.29, 0.717) is 15.1 Å². The molecule has 0 spiro atoms. The molecule has 8 nitrogen and oxygen atoms in total. The Bertz CT molecular complexity index is 1700. The first-order chi connectivity index (χ1) is 17.3. The third kappa shape index (κ3) is 4.64. The van der Waals surface area contributed by atoms with Crippen LogP contribution < -0.4 is 5.56 Å². The average Bonchev–Trinajstić information content (AvgIpc) is 3.39. The van der Waals surface area contributed by atoms with E-state index in [4.69, 9.17) is 0 Å². The molecule has 180 valence electrons. The highest BCUT2D eigenvalue weighted by atomic mass is 79.9. The van der Waals surface area contributed by atoms with Gasteiger partial charge >= 0.3 is 0 Å². The highest BCUT2D eigenvalue weighted by Crippen LogP contribution is 2.39. The molecule has 0 aliphatic heterocycles. The van der Waals surface area contributed by atoms with Crippen molar-refractivity contribution in [3.63, 3.8) is 0 Å². The van der Waals surface area contributed by atoms with Crippen molar-refractivity contribution in [1.29, 1.82) is 0 Å². The Kier molecular flexibility index (Phi) is 6.61. The summed E-state index contributed by atoms with van der Waals surface area (Å²) in [5.41, 5.74) is 3.70. The highest BCUT2D eigenvalue weighted by molar-refractivity contribution is 9.10. The molecule has 0 atom stereocenters. The van der Waals surface area contributed by atoms with E-state index in [1.54, 1.807) is 30.5 Å². The number of hydrogen-bond donors (Lipinski definition) is 0. The Labute approximate surface area is 222 Å². The summed E-state index contributed by atoms with van der Waals surface area (Å²) in [6, 6.07) is 18.3. The van der Waals surface area contributed by atoms with Gasteiger partial charge in [0.15, 0.2) is 0 Å². The standard InChI is InChI=1S/C25H18BrN5O3S2/c1-15-11-17(16(2)30(15)19-9-7-18(26)8-10-19)13-28-29-14-27-24-20(25(29)32)12-23(36-24)35-22-6-4-3-5-21(22)31(33)34/h3-14H,1-2H3. The molecule has 0 unspecified atom stereocenters. The van der Waals surface area contributed by atoms with E-state index in [1.807, 2.05) is 44.2 Å². The summed E-state index contributed by atoms with van der Waals surface area (Å²) in [6.45, 7) is 4.03. The third-order valence-corrected chi connectivity index (χ3v) is 8.31. The van der Waals surface area contributed by atoms with E-state index in [2.05, 4.69) is 30.6 Å². The van der Waals surface area contributed by atoms with Gasteiger partial charge in [0.25, 0.3) is 11.2 Å². The number of rotatable bonds is 6. The zero-order valence-corrected chi connectivity index (χ0v) is 22.3. The lowest BCUT2D eigenvalue weighted by molar-refractivity contribution is -0.387. The molecular weight excluding hydrogens is 562 g/mol. The number of hydrogen-bond acceptors (Lipinski definition) is 7. The van der Waals surface area contributed by atoms with E-state index >= 15 is 0 Å². The number of fused-ring (bicyclic) bond motifs is 1. The minimum atomic E-state index is -0.413. The lowest BCUT2D eigenvalue weighted by atomic mass is 10.2. The average molecular weight is 580 g/mol. The minimum Gasteiger partial charge on any atom is -0.318 e. The second-order valence-electron chi connectivity index (χ2n) is 7.89. The Morgan fingerprint density at radius 1 is 1.14 bits per heavy atom. The molecule has 0 amide bonds. The quantitative estimate of drug-likeness (QED) is 0.129. The molecule has 2 aromatic carbocycles. The predicted molar refractivity (Wildman–Crippen MR) is 147 cm³/mol. The van der Waals surface area contributed by atoms with Gasteiger partial charge in [0.2, 0.25) is 0 Å². The van der Waals surface area contributed by atoms with E-state index < -0.39 is 4.92 Å². The highest BCUT2D eigenvalue weighted by Gasteiger charge is 2.16. The van der Waals surface area contributed by atoms with Crippen LogP contribution in [0.4, 0.5) is 5.69 Å². The van der Waals surface area contributed by atoms with Gasteiger partial charge in [0, 0.05) is 33.2 Å². The van der Waals surface area contributed by atoms with Crippen molar-refractivity contribution < 1.29 is 4.92 Å². The van der Waals surface area contributed by atoms with E-state index in [0.717, 1.165) is 31.3 Å². The van der Waals surface area contributed by atoms with Crippen LogP contribution in [0.15, 0.2) is 90.5 Å². The molecule has 0 saturated heterocycles. The predicted octanol–water partition coefficient (Wildman–Crippen LogP) is 6.57. The summed E-state index contributed by atoms with van der Waals surface area (Å²) >= 11 is 6.02. The second kappa shape index (κ2) is 9.84. The van der Waals surface area contributed by atoms with Crippen LogP contribution in [-0.2, 0) is 0 Å². The molecule has 0 N–H and O–H groups in total. The number of nitro benzene ring substituents is 1. The van der Waals surface area contributed by atoms with Gasteiger partial charge in [-0.1, -0.05) is 39.8 Å². The van der Waals surface area contributed by atoms with Gasteiger partial charge in [-0.05, 0) is 56.3 Å². The summed E-state index contributed by atoms with van der Waals surface area (Å²) in [4.78, 5) is 29.4. The molecule has 0 fully saturated rings. The topological polar surface area (TPSA) is 95.3 Å². The van der Waals surface area contributed by atoms with Crippen molar-refractivity contribution in [1.82, 2.24) is 14.2 Å². The minimum absolute atomic E-state index is 0.0238. The normalized spacial score (nSPS) is 11.5. The Balaban J connectivity index is 1.45. The van der Waals surface area contributed by atoms with Gasteiger partial charge in [-0.25, -0.2) is 4.98 Å². The fourth-order valence-corrected chi connectivity index (χ4v) is 6.30. The molecular formula is C25H18BrN5O3S2. The fraction of sp³-hybridized carbons (Fsp3) is 0.0800. The first-order valence-corrected chi connectivity index (χ1v) is 13.2. The van der Waals surface area contributed by atoms with Gasteiger partial charge in [-0.15, -0.1) is 11.3 Å². The van der Waals surface area contributed by atoms with Gasteiger partial charge in [-0.2, -0.15) is 9.78 Å². The first kappa shape index (κ1) is 24.2. The zero-order valence-electron chi connectivity index (χ0n) is 19.1. The maximum atomic E-state index is 13.1. The van der Waals surface area contributed by atoms with Crippen molar-refractivity contribution >= 4 is 61.1 Å². The number of nitrogens with zero attached hydrogens (tertiary/aromatic N) is 5. The molecule has 5 rings (SSSR count). The maximum absolute atomic E-state index is 13.1. The van der Waals surface area contributed by atoms with Crippen LogP contribution in [0.25, 0.3) is 15.9 Å². The summed E-state index contributed by atoms with van der Waals surface area (Å²) in [6.07, 6.45) is 3.05. The number of para-hydroxylation sites is 1. The van der Waals surface area contributed by atoms with Crippen molar-refractivity contribution in [3.8, 4) is 5.69 Å². The molecule has 0 saturated carbocycles. The van der Waals surface area contributed by atoms with Gasteiger partial charge in [-0.3, -0.25) is 14.9 Å². The Hall–Kier alpha value is -3.54. The Morgan fingerprint density at radius 2 is 1.89 bits per heavy atom. The molecule has 36 heavy (non-hydrogen) atoms. The first-order valence-electron chi connectivity index (χ1n) is 10.7. The lowest BCUT2D eigenvalue weighted by Crippen LogP contribution is -2.16. The van der Waals surface area contributed by atoms with Crippen LogP contribution in [0, 0.1) is 24.0 Å². The number of benzene rings is 2. The zero-order chi connectivity index (χ0) is 25.4. The lowest BCUT2D eigenvalue weighted by Gasteiger charge is -2.09. The molecule has 3 heterocycles. The SMILES string of the molecule is Cc1cc(C=Nn2cnc3sc(Sc4ccccc4[N+](=O)[O-])cc3c2=O)c(C)n1-c1ccc(Br)cc1. The molecule has 0 aliphatic carbocycles. The van der Waals surface area contributed by atoms with E-state index in [9.17, 15) is 14.9 Å². The number of aromatic nitrogens is 3. The molecule has 11 heteroatoms. The molecule has 3 aromatic heterocycles. The molecule has 5 aromatic rings. The van der Waals surface area contributed by atoms with Crippen molar-refractivity contribution in [2.45, 2.75) is 23.0 Å². The Morgan fingerprint density at radius 3 is 2.64 bits per heavy atom. The summed E-state index contributed by atoms with van der Waals surface area (Å²) in [5.74, 6) is 0. The van der Waals surface area contributed by atoms with Crippen LogP contribution in [0.1, 0.15) is 17.0 Å². The van der Waals surface area contributed by atoms with Crippen LogP contribution >= 0.6 is 39.0 Å². The summed E-state index contributed by atoms with van der Waals surface area (Å²) in [7, 11) is 0. The maximum Gasteiger partial charge on any atom is 0.283 e. The van der Waals surface area contributed by atoms with E-state index in [1.165, 1.54) is 40.2 Å². The van der Waals surface area contributed by atoms with Gasteiger partial charge in [0.1, 0.15) is 11.2 Å². The summed E-state index contributed by atoms with van der Waals surface area (Å²) in [5, 5.41) is 16.1. The van der Waals surface area contributed by atoms with Gasteiger partial charge in [0.05, 0.1) is 25.6 Å². The monoisotopic (exact) mass is 579 g/mol. The van der Waals surface area contributed by atoms with Crippen LogP contribution in [0.5, 0.6) is 0 Å². The largest absolute Gasteiger partial charge is 0.318 e. The van der Waals surface area contributed by atoms with Crippen molar-refractivity contribution in [2.24, 2.45) is 5.10 Å². The van der Waals surface area contributed by atoms with Gasteiger partial charge < -0.3 is 4.57 Å². The van der Waals surface area contributed by atoms with Crippen molar-refractivity contribution in [3.05, 3.63) is 109 Å². The second-order valence-corrected chi connectivity index (χ2v) is 11.2. The van der Waals surface area contributed by atoms with Crippen LogP contribution in [-0.4, -0.2) is 25.4 Å². The van der Waals surface area contributed by atoms with Crippen LogP contribution in [0.2, 0.25) is 0 Å². The third-order valence-electron chi connectivity index (χ3n) is 5.56. The fourth-order valence-electron chi connectivity index (χ4n) is 3.86. The van der Waals surface area contributed by atoms with Crippen LogP contribution in [0.3, 0.4) is 0 Å².